The number of nitrogens with one attached hydrogen (secondary N) is 1. The van der Waals surface area contributed by atoms with Gasteiger partial charge in [-0.2, -0.15) is 0 Å². The summed E-state index contributed by atoms with van der Waals surface area (Å²) < 4.78 is 0.758. The number of hydrogen-bond acceptors (Lipinski definition) is 3. The Morgan fingerprint density at radius 1 is 1.47 bits per heavy atom. The molecule has 1 aromatic heterocycles. The molecule has 1 saturated heterocycles. The van der Waals surface area contributed by atoms with E-state index in [9.17, 15) is 4.79 Å². The van der Waals surface area contributed by atoms with Gasteiger partial charge in [0.15, 0.2) is 0 Å². The van der Waals surface area contributed by atoms with E-state index in [2.05, 4.69) is 26.2 Å². The molecule has 1 N–H and O–H groups in total. The number of amides is 1. The van der Waals surface area contributed by atoms with Crippen LogP contribution in [0, 0.1) is 0 Å². The fourth-order valence-corrected chi connectivity index (χ4v) is 2.69. The molecule has 19 heavy (non-hydrogen) atoms. The van der Waals surface area contributed by atoms with Crippen LogP contribution < -0.4 is 5.32 Å². The number of carbonyl (C=O) groups excluding carboxylic acids is 1. The first kappa shape index (κ1) is 16.4. The number of carbonyl (C=O) groups is 1. The monoisotopic (exact) mass is 347 g/mol. The van der Waals surface area contributed by atoms with Crippen LogP contribution in [0.5, 0.6) is 0 Å². The minimum absolute atomic E-state index is 0. The highest BCUT2D eigenvalue weighted by Gasteiger charge is 2.24. The summed E-state index contributed by atoms with van der Waals surface area (Å²) in [5.74, 6) is -0.00521. The normalized spacial score (nSPS) is 19.2. The second kappa shape index (κ2) is 7.82. The van der Waals surface area contributed by atoms with Crippen molar-refractivity contribution in [2.45, 2.75) is 25.3 Å². The van der Waals surface area contributed by atoms with Crippen LogP contribution in [-0.4, -0.2) is 42.0 Å². The first-order valence-corrected chi connectivity index (χ1v) is 7.08. The van der Waals surface area contributed by atoms with Crippen LogP contribution in [0.3, 0.4) is 0 Å². The molecule has 1 fully saturated rings. The molecular weight excluding hydrogens is 330 g/mol. The average molecular weight is 349 g/mol. The summed E-state index contributed by atoms with van der Waals surface area (Å²) in [7, 11) is 1.87. The highest BCUT2D eigenvalue weighted by molar-refractivity contribution is 9.10. The minimum Gasteiger partial charge on any atom is -0.337 e. The number of rotatable bonds is 2. The lowest BCUT2D eigenvalue weighted by Crippen LogP contribution is -2.38. The van der Waals surface area contributed by atoms with Gasteiger partial charge in [-0.3, -0.25) is 4.79 Å². The molecule has 0 radical (unpaired) electrons. The van der Waals surface area contributed by atoms with Crippen molar-refractivity contribution < 1.29 is 4.79 Å². The van der Waals surface area contributed by atoms with Crippen LogP contribution in [0.4, 0.5) is 0 Å². The Bertz CT molecular complexity index is 422. The van der Waals surface area contributed by atoms with E-state index in [4.69, 9.17) is 0 Å². The summed E-state index contributed by atoms with van der Waals surface area (Å²) in [4.78, 5) is 18.4. The summed E-state index contributed by atoms with van der Waals surface area (Å²) in [6.45, 7) is 2.03. The van der Waals surface area contributed by atoms with Gasteiger partial charge in [0, 0.05) is 23.8 Å². The second-order valence-corrected chi connectivity index (χ2v) is 5.44. The molecule has 1 aromatic rings. The number of halogens is 2. The van der Waals surface area contributed by atoms with Gasteiger partial charge in [0.25, 0.3) is 5.91 Å². The summed E-state index contributed by atoms with van der Waals surface area (Å²) >= 11 is 3.38. The highest BCUT2D eigenvalue weighted by Crippen LogP contribution is 2.19. The maximum absolute atomic E-state index is 12.4. The Morgan fingerprint density at radius 2 is 2.26 bits per heavy atom. The third-order valence-corrected chi connectivity index (χ3v) is 4.01. The molecule has 0 bridgehead atoms. The molecule has 106 valence electrons. The van der Waals surface area contributed by atoms with Crippen LogP contribution in [0.25, 0.3) is 0 Å². The van der Waals surface area contributed by atoms with Crippen LogP contribution in [0.2, 0.25) is 0 Å². The molecule has 6 heteroatoms. The van der Waals surface area contributed by atoms with Gasteiger partial charge in [0.2, 0.25) is 0 Å². The largest absolute Gasteiger partial charge is 0.337 e. The van der Waals surface area contributed by atoms with Gasteiger partial charge in [0.1, 0.15) is 5.69 Å². The zero-order valence-electron chi connectivity index (χ0n) is 10.9. The Kier molecular flexibility index (Phi) is 6.75. The van der Waals surface area contributed by atoms with Crippen molar-refractivity contribution >= 4 is 34.2 Å². The van der Waals surface area contributed by atoms with Crippen molar-refractivity contribution in [1.29, 1.82) is 0 Å². The molecule has 0 saturated carbocycles. The van der Waals surface area contributed by atoms with E-state index < -0.39 is 0 Å². The van der Waals surface area contributed by atoms with E-state index in [-0.39, 0.29) is 18.3 Å². The maximum atomic E-state index is 12.4. The van der Waals surface area contributed by atoms with Gasteiger partial charge >= 0.3 is 0 Å². The SMILES string of the molecule is CN(C(=O)c1ncccc1Br)C1CCCNCC1.Cl. The summed E-state index contributed by atoms with van der Waals surface area (Å²) in [6.07, 6.45) is 4.83. The predicted molar refractivity (Wildman–Crippen MR) is 81.8 cm³/mol. The molecule has 1 amide bonds. The molecule has 1 aliphatic rings. The van der Waals surface area contributed by atoms with E-state index in [1.54, 1.807) is 6.20 Å². The number of hydrogen-bond donors (Lipinski definition) is 1. The van der Waals surface area contributed by atoms with Crippen LogP contribution in [0.15, 0.2) is 22.8 Å². The third-order valence-electron chi connectivity index (χ3n) is 3.37. The van der Waals surface area contributed by atoms with Gasteiger partial charge in [-0.25, -0.2) is 4.98 Å². The molecular formula is C13H19BrClN3O. The van der Waals surface area contributed by atoms with Crippen LogP contribution in [-0.2, 0) is 0 Å². The molecule has 1 aliphatic heterocycles. The summed E-state index contributed by atoms with van der Waals surface area (Å²) in [6, 6.07) is 3.97. The Hall–Kier alpha value is -0.650. The highest BCUT2D eigenvalue weighted by atomic mass is 79.9. The standard InChI is InChI=1S/C13H18BrN3O.ClH/c1-17(10-4-2-7-15-9-6-10)13(18)12-11(14)5-3-8-16-12;/h3,5,8,10,15H,2,4,6-7,9H2,1H3;1H. The summed E-state index contributed by atoms with van der Waals surface area (Å²) in [5.41, 5.74) is 0.497. The number of aromatic nitrogens is 1. The Morgan fingerprint density at radius 3 is 3.00 bits per heavy atom. The molecule has 1 atom stereocenters. The van der Waals surface area contributed by atoms with Gasteiger partial charge in [-0.1, -0.05) is 0 Å². The topological polar surface area (TPSA) is 45.2 Å². The van der Waals surface area contributed by atoms with E-state index in [1.165, 1.54) is 0 Å². The van der Waals surface area contributed by atoms with Crippen molar-refractivity contribution in [2.24, 2.45) is 0 Å². The third kappa shape index (κ3) is 4.16. The maximum Gasteiger partial charge on any atom is 0.273 e. The van der Waals surface area contributed by atoms with Crippen molar-refractivity contribution in [2.75, 3.05) is 20.1 Å². The van der Waals surface area contributed by atoms with Crippen molar-refractivity contribution in [1.82, 2.24) is 15.2 Å². The lowest BCUT2D eigenvalue weighted by atomic mass is 10.1. The molecule has 0 aliphatic carbocycles. The second-order valence-electron chi connectivity index (χ2n) is 4.58. The minimum atomic E-state index is -0.00521. The summed E-state index contributed by atoms with van der Waals surface area (Å²) in [5, 5.41) is 3.36. The van der Waals surface area contributed by atoms with Crippen molar-refractivity contribution in [3.63, 3.8) is 0 Å². The molecule has 2 rings (SSSR count). The van der Waals surface area contributed by atoms with Crippen molar-refractivity contribution in [3.05, 3.63) is 28.5 Å². The quantitative estimate of drug-likeness (QED) is 0.893. The number of pyridine rings is 1. The van der Waals surface area contributed by atoms with E-state index in [0.717, 1.165) is 36.8 Å². The lowest BCUT2D eigenvalue weighted by Gasteiger charge is -2.27. The zero-order valence-corrected chi connectivity index (χ0v) is 13.3. The van der Waals surface area contributed by atoms with Crippen molar-refractivity contribution in [3.8, 4) is 0 Å². The Balaban J connectivity index is 0.00000180. The lowest BCUT2D eigenvalue weighted by molar-refractivity contribution is 0.0713. The van der Waals surface area contributed by atoms with E-state index in [1.807, 2.05) is 24.1 Å². The van der Waals surface area contributed by atoms with Gasteiger partial charge in [-0.05, 0) is 60.4 Å². The Labute approximate surface area is 128 Å². The van der Waals surface area contributed by atoms with E-state index >= 15 is 0 Å². The molecule has 4 nitrogen and oxygen atoms in total. The fourth-order valence-electron chi connectivity index (χ4n) is 2.26. The fraction of sp³-hybridized carbons (Fsp3) is 0.538. The first-order valence-electron chi connectivity index (χ1n) is 6.28. The first-order chi connectivity index (χ1) is 8.70. The van der Waals surface area contributed by atoms with Crippen LogP contribution >= 0.6 is 28.3 Å². The average Bonchev–Trinajstić information content (AvgIpc) is 2.66. The predicted octanol–water partition coefficient (Wildman–Crippen LogP) is 2.48. The van der Waals surface area contributed by atoms with Gasteiger partial charge in [-0.15, -0.1) is 12.4 Å². The smallest absolute Gasteiger partial charge is 0.273 e. The molecule has 1 unspecified atom stereocenters. The zero-order chi connectivity index (χ0) is 13.0. The molecule has 2 heterocycles. The van der Waals surface area contributed by atoms with E-state index in [0.29, 0.717) is 11.7 Å². The molecule has 0 spiro atoms. The van der Waals surface area contributed by atoms with Gasteiger partial charge < -0.3 is 10.2 Å². The number of nitrogens with zero attached hydrogens (tertiary/aromatic N) is 2. The van der Waals surface area contributed by atoms with Crippen LogP contribution in [0.1, 0.15) is 29.8 Å². The van der Waals surface area contributed by atoms with Gasteiger partial charge in [0.05, 0.1) is 0 Å². The molecule has 0 aromatic carbocycles.